The smallest absolute Gasteiger partial charge is 0.251 e. The van der Waals surface area contributed by atoms with E-state index in [1.54, 1.807) is 19.1 Å². The van der Waals surface area contributed by atoms with Crippen LogP contribution >= 0.6 is 12.4 Å². The van der Waals surface area contributed by atoms with Crippen molar-refractivity contribution in [1.29, 1.82) is 0 Å². The largest absolute Gasteiger partial charge is 0.353 e. The van der Waals surface area contributed by atoms with Crippen LogP contribution in [0.15, 0.2) is 24.3 Å². The van der Waals surface area contributed by atoms with Gasteiger partial charge in [0.25, 0.3) is 5.91 Å². The Kier molecular flexibility index (Phi) is 7.79. The lowest BCUT2D eigenvalue weighted by Crippen LogP contribution is -2.42. The average molecular weight is 286 g/mol. The number of aryl methyl sites for hydroxylation is 1. The van der Waals surface area contributed by atoms with Gasteiger partial charge in [-0.1, -0.05) is 17.7 Å². The molecular weight excluding hydrogens is 266 g/mol. The van der Waals surface area contributed by atoms with Gasteiger partial charge in [0.05, 0.1) is 6.04 Å². The summed E-state index contributed by atoms with van der Waals surface area (Å²) in [5.41, 5.74) is 7.10. The highest BCUT2D eigenvalue weighted by Crippen LogP contribution is 2.02. The standard InChI is InChI=1S/C13H19N3O2.ClH/c1-9-3-5-11(6-4-9)13(18)16-8-7-15-12(17)10(2)14;/h3-6,10H,7-8,14H2,1-2H3,(H,15,17)(H,16,18);1H/t10-;/m0./s1. The molecule has 4 N–H and O–H groups in total. The Hall–Kier alpha value is -1.59. The van der Waals surface area contributed by atoms with E-state index < -0.39 is 6.04 Å². The minimum atomic E-state index is -0.530. The maximum absolute atomic E-state index is 11.7. The zero-order valence-electron chi connectivity index (χ0n) is 11.1. The first-order valence-electron chi connectivity index (χ1n) is 5.89. The Balaban J connectivity index is 0.00000324. The number of hydrogen-bond acceptors (Lipinski definition) is 3. The first-order valence-corrected chi connectivity index (χ1v) is 5.89. The number of amides is 2. The van der Waals surface area contributed by atoms with Crippen molar-refractivity contribution in [3.63, 3.8) is 0 Å². The molecule has 0 spiro atoms. The normalized spacial score (nSPS) is 11.1. The van der Waals surface area contributed by atoms with Crippen LogP contribution in [-0.2, 0) is 4.79 Å². The Labute approximate surface area is 119 Å². The minimum Gasteiger partial charge on any atom is -0.353 e. The average Bonchev–Trinajstić information content (AvgIpc) is 2.34. The van der Waals surface area contributed by atoms with Crippen molar-refractivity contribution in [1.82, 2.24) is 10.6 Å². The van der Waals surface area contributed by atoms with Gasteiger partial charge in [-0.05, 0) is 26.0 Å². The Morgan fingerprint density at radius 2 is 1.68 bits per heavy atom. The van der Waals surface area contributed by atoms with Gasteiger partial charge in [0.1, 0.15) is 0 Å². The van der Waals surface area contributed by atoms with Gasteiger partial charge in [-0.25, -0.2) is 0 Å². The van der Waals surface area contributed by atoms with Gasteiger partial charge < -0.3 is 16.4 Å². The van der Waals surface area contributed by atoms with E-state index in [0.717, 1.165) is 5.56 Å². The first kappa shape index (κ1) is 17.4. The second-order valence-electron chi connectivity index (χ2n) is 4.20. The predicted octanol–water partition coefficient (Wildman–Crippen LogP) is 0.610. The van der Waals surface area contributed by atoms with E-state index in [0.29, 0.717) is 18.7 Å². The number of nitrogens with two attached hydrogens (primary N) is 1. The van der Waals surface area contributed by atoms with Crippen LogP contribution in [0.4, 0.5) is 0 Å². The van der Waals surface area contributed by atoms with Crippen molar-refractivity contribution < 1.29 is 9.59 Å². The number of rotatable bonds is 5. The molecule has 0 unspecified atom stereocenters. The summed E-state index contributed by atoms with van der Waals surface area (Å²) in [6.45, 7) is 4.33. The predicted molar refractivity (Wildman–Crippen MR) is 77.4 cm³/mol. The van der Waals surface area contributed by atoms with Gasteiger partial charge in [0.2, 0.25) is 5.91 Å². The molecule has 1 atom stereocenters. The van der Waals surface area contributed by atoms with Gasteiger partial charge in [0, 0.05) is 18.7 Å². The highest BCUT2D eigenvalue weighted by atomic mass is 35.5. The van der Waals surface area contributed by atoms with E-state index in [2.05, 4.69) is 10.6 Å². The zero-order chi connectivity index (χ0) is 13.5. The van der Waals surface area contributed by atoms with E-state index in [1.165, 1.54) is 0 Å². The van der Waals surface area contributed by atoms with Crippen molar-refractivity contribution in [2.75, 3.05) is 13.1 Å². The van der Waals surface area contributed by atoms with Crippen molar-refractivity contribution in [3.05, 3.63) is 35.4 Å². The van der Waals surface area contributed by atoms with Gasteiger partial charge in [-0.2, -0.15) is 0 Å². The lowest BCUT2D eigenvalue weighted by Gasteiger charge is -2.08. The number of halogens is 1. The molecule has 0 fully saturated rings. The summed E-state index contributed by atoms with van der Waals surface area (Å²) in [4.78, 5) is 22.8. The van der Waals surface area contributed by atoms with Crippen molar-refractivity contribution in [2.24, 2.45) is 5.73 Å². The maximum atomic E-state index is 11.7. The van der Waals surface area contributed by atoms with Gasteiger partial charge in [-0.15, -0.1) is 12.4 Å². The third-order valence-corrected chi connectivity index (χ3v) is 2.44. The third kappa shape index (κ3) is 6.22. The molecule has 1 rings (SSSR count). The molecule has 0 saturated carbocycles. The summed E-state index contributed by atoms with van der Waals surface area (Å²) in [5.74, 6) is -0.371. The van der Waals surface area contributed by atoms with Crippen LogP contribution in [0, 0.1) is 6.92 Å². The third-order valence-electron chi connectivity index (χ3n) is 2.44. The molecule has 0 saturated heterocycles. The quantitative estimate of drug-likeness (QED) is 0.693. The monoisotopic (exact) mass is 285 g/mol. The molecule has 0 aliphatic rings. The molecule has 0 heterocycles. The Morgan fingerprint density at radius 3 is 2.21 bits per heavy atom. The lowest BCUT2D eigenvalue weighted by molar-refractivity contribution is -0.121. The molecule has 1 aromatic rings. The van der Waals surface area contributed by atoms with Crippen LogP contribution in [-0.4, -0.2) is 30.9 Å². The van der Waals surface area contributed by atoms with Gasteiger partial charge in [0.15, 0.2) is 0 Å². The summed E-state index contributed by atoms with van der Waals surface area (Å²) >= 11 is 0. The van der Waals surface area contributed by atoms with E-state index in [1.807, 2.05) is 19.1 Å². The lowest BCUT2D eigenvalue weighted by atomic mass is 10.1. The van der Waals surface area contributed by atoms with Gasteiger partial charge in [-0.3, -0.25) is 9.59 Å². The van der Waals surface area contributed by atoms with Crippen molar-refractivity contribution in [3.8, 4) is 0 Å². The highest BCUT2D eigenvalue weighted by molar-refractivity contribution is 5.94. The van der Waals surface area contributed by atoms with E-state index in [9.17, 15) is 9.59 Å². The SMILES string of the molecule is Cc1ccc(C(=O)NCCNC(=O)[C@H](C)N)cc1.Cl. The van der Waals surface area contributed by atoms with E-state index in [4.69, 9.17) is 5.73 Å². The number of carbonyl (C=O) groups is 2. The fraction of sp³-hybridized carbons (Fsp3) is 0.385. The molecular formula is C13H20ClN3O2. The molecule has 5 nitrogen and oxygen atoms in total. The van der Waals surface area contributed by atoms with Gasteiger partial charge >= 0.3 is 0 Å². The van der Waals surface area contributed by atoms with Crippen LogP contribution in [0.1, 0.15) is 22.8 Å². The molecule has 19 heavy (non-hydrogen) atoms. The van der Waals surface area contributed by atoms with Crippen LogP contribution in [0.25, 0.3) is 0 Å². The molecule has 0 aliphatic heterocycles. The van der Waals surface area contributed by atoms with Crippen LogP contribution < -0.4 is 16.4 Å². The van der Waals surface area contributed by atoms with Crippen molar-refractivity contribution in [2.45, 2.75) is 19.9 Å². The second-order valence-corrected chi connectivity index (χ2v) is 4.20. The molecule has 106 valence electrons. The first-order chi connectivity index (χ1) is 8.50. The number of carbonyl (C=O) groups excluding carboxylic acids is 2. The molecule has 0 aromatic heterocycles. The Morgan fingerprint density at radius 1 is 1.16 bits per heavy atom. The molecule has 2 amide bonds. The Bertz CT molecular complexity index is 418. The summed E-state index contributed by atoms with van der Waals surface area (Å²) in [7, 11) is 0. The summed E-state index contributed by atoms with van der Waals surface area (Å²) in [6.07, 6.45) is 0. The molecule has 6 heteroatoms. The van der Waals surface area contributed by atoms with Crippen LogP contribution in [0.5, 0.6) is 0 Å². The zero-order valence-corrected chi connectivity index (χ0v) is 11.9. The van der Waals surface area contributed by atoms with Crippen LogP contribution in [0.2, 0.25) is 0 Å². The maximum Gasteiger partial charge on any atom is 0.251 e. The molecule has 1 aromatic carbocycles. The second kappa shape index (κ2) is 8.50. The molecule has 0 radical (unpaired) electrons. The number of hydrogen-bond donors (Lipinski definition) is 3. The summed E-state index contributed by atoms with van der Waals surface area (Å²) in [6, 6.07) is 6.77. The number of nitrogens with one attached hydrogen (secondary N) is 2. The fourth-order valence-corrected chi connectivity index (χ4v) is 1.33. The van der Waals surface area contributed by atoms with E-state index in [-0.39, 0.29) is 24.2 Å². The van der Waals surface area contributed by atoms with Crippen LogP contribution in [0.3, 0.4) is 0 Å². The highest BCUT2D eigenvalue weighted by Gasteiger charge is 2.07. The summed E-state index contributed by atoms with van der Waals surface area (Å²) < 4.78 is 0. The van der Waals surface area contributed by atoms with Crippen molar-refractivity contribution >= 4 is 24.2 Å². The number of benzene rings is 1. The fourth-order valence-electron chi connectivity index (χ4n) is 1.33. The molecule has 0 aliphatic carbocycles. The minimum absolute atomic E-state index is 0. The summed E-state index contributed by atoms with van der Waals surface area (Å²) in [5, 5.41) is 5.34. The molecule has 0 bridgehead atoms. The van der Waals surface area contributed by atoms with E-state index >= 15 is 0 Å². The topological polar surface area (TPSA) is 84.2 Å².